The van der Waals surface area contributed by atoms with Gasteiger partial charge in [-0.05, 0) is 30.7 Å². The van der Waals surface area contributed by atoms with Gasteiger partial charge in [0.05, 0.1) is 5.52 Å². The highest BCUT2D eigenvalue weighted by Gasteiger charge is 2.13. The first kappa shape index (κ1) is 11.6. The molecule has 0 fully saturated rings. The van der Waals surface area contributed by atoms with Crippen LogP contribution in [-0.2, 0) is 0 Å². The van der Waals surface area contributed by atoms with Crippen LogP contribution in [-0.4, -0.2) is 15.7 Å². The Bertz CT molecular complexity index is 777. The second-order valence-electron chi connectivity index (χ2n) is 4.36. The fourth-order valence-corrected chi connectivity index (χ4v) is 2.25. The van der Waals surface area contributed by atoms with E-state index in [4.69, 9.17) is 0 Å². The van der Waals surface area contributed by atoms with Crippen LogP contribution in [0.4, 0.5) is 4.39 Å². The number of carbonyl (C=O) groups is 1. The summed E-state index contributed by atoms with van der Waals surface area (Å²) in [6.45, 7) is 1.92. The van der Waals surface area contributed by atoms with Gasteiger partial charge in [-0.25, -0.2) is 9.37 Å². The number of aryl methyl sites for hydroxylation is 1. The van der Waals surface area contributed by atoms with Crippen molar-refractivity contribution in [2.24, 2.45) is 0 Å². The first-order valence-corrected chi connectivity index (χ1v) is 5.89. The van der Waals surface area contributed by atoms with Gasteiger partial charge < -0.3 is 0 Å². The van der Waals surface area contributed by atoms with Crippen molar-refractivity contribution in [3.05, 3.63) is 59.7 Å². The summed E-state index contributed by atoms with van der Waals surface area (Å²) in [5, 5.41) is 0. The zero-order valence-electron chi connectivity index (χ0n) is 10.3. The molecule has 3 rings (SSSR count). The van der Waals surface area contributed by atoms with Gasteiger partial charge in [-0.3, -0.25) is 9.20 Å². The molecule has 4 heteroatoms. The number of rotatable bonds is 2. The summed E-state index contributed by atoms with van der Waals surface area (Å²) < 4.78 is 15.1. The smallest absolute Gasteiger partial charge is 0.170 e. The van der Waals surface area contributed by atoms with E-state index in [0.29, 0.717) is 17.1 Å². The van der Waals surface area contributed by atoms with Crippen molar-refractivity contribution in [2.75, 3.05) is 0 Å². The molecular weight excluding hydrogens is 243 g/mol. The number of benzene rings is 1. The number of aromatic nitrogens is 2. The normalized spacial score (nSPS) is 10.8. The summed E-state index contributed by atoms with van der Waals surface area (Å²) in [4.78, 5) is 15.4. The van der Waals surface area contributed by atoms with Crippen molar-refractivity contribution in [3.8, 4) is 11.4 Å². The lowest BCUT2D eigenvalue weighted by Gasteiger charge is -2.02. The topological polar surface area (TPSA) is 34.4 Å². The number of aldehydes is 1. The molecule has 94 valence electrons. The molecule has 0 unspecified atom stereocenters. The first-order chi connectivity index (χ1) is 9.20. The van der Waals surface area contributed by atoms with Crippen molar-refractivity contribution in [3.63, 3.8) is 0 Å². The van der Waals surface area contributed by atoms with Crippen LogP contribution in [0.15, 0.2) is 42.6 Å². The molecule has 2 aromatic heterocycles. The van der Waals surface area contributed by atoms with E-state index in [1.165, 1.54) is 12.1 Å². The van der Waals surface area contributed by atoms with Gasteiger partial charge in [0, 0.05) is 11.8 Å². The highest BCUT2D eigenvalue weighted by molar-refractivity contribution is 5.87. The summed E-state index contributed by atoms with van der Waals surface area (Å²) in [6, 6.07) is 9.98. The van der Waals surface area contributed by atoms with Crippen LogP contribution in [0.5, 0.6) is 0 Å². The second kappa shape index (κ2) is 4.31. The Hall–Kier alpha value is -2.49. The summed E-state index contributed by atoms with van der Waals surface area (Å²) in [6.07, 6.45) is 2.55. The fraction of sp³-hybridized carbons (Fsp3) is 0.0667. The Kier molecular flexibility index (Phi) is 2.63. The Morgan fingerprint density at radius 2 is 2.11 bits per heavy atom. The summed E-state index contributed by atoms with van der Waals surface area (Å²) in [5.74, 6) is 0.245. The van der Waals surface area contributed by atoms with Crippen LogP contribution in [0.1, 0.15) is 16.1 Å². The standard InChI is InChI=1S/C15H11FN2O/c1-10-4-3-7-18-14(10)13(9-19)17-15(18)11-5-2-6-12(16)8-11/h2-9H,1H3. The molecule has 0 radical (unpaired) electrons. The Balaban J connectivity index is 2.36. The van der Waals surface area contributed by atoms with Crippen LogP contribution >= 0.6 is 0 Å². The maximum Gasteiger partial charge on any atom is 0.170 e. The zero-order valence-corrected chi connectivity index (χ0v) is 10.3. The van der Waals surface area contributed by atoms with E-state index < -0.39 is 0 Å². The number of carbonyl (C=O) groups excluding carboxylic acids is 1. The van der Waals surface area contributed by atoms with E-state index in [2.05, 4.69) is 4.98 Å². The lowest BCUT2D eigenvalue weighted by molar-refractivity contribution is 0.112. The molecule has 0 saturated heterocycles. The third-order valence-electron chi connectivity index (χ3n) is 3.09. The minimum Gasteiger partial charge on any atom is -0.299 e. The average molecular weight is 254 g/mol. The van der Waals surface area contributed by atoms with Crippen LogP contribution in [0.25, 0.3) is 16.9 Å². The van der Waals surface area contributed by atoms with E-state index in [1.54, 1.807) is 12.1 Å². The highest BCUT2D eigenvalue weighted by Crippen LogP contribution is 2.24. The monoisotopic (exact) mass is 254 g/mol. The van der Waals surface area contributed by atoms with Crippen molar-refractivity contribution in [1.82, 2.24) is 9.38 Å². The third kappa shape index (κ3) is 1.81. The molecule has 0 saturated carbocycles. The van der Waals surface area contributed by atoms with E-state index in [1.807, 2.05) is 29.7 Å². The van der Waals surface area contributed by atoms with Gasteiger partial charge in [0.2, 0.25) is 0 Å². The quantitative estimate of drug-likeness (QED) is 0.658. The van der Waals surface area contributed by atoms with E-state index in [0.717, 1.165) is 17.4 Å². The molecule has 0 spiro atoms. The fourth-order valence-electron chi connectivity index (χ4n) is 2.25. The molecule has 19 heavy (non-hydrogen) atoms. The van der Waals surface area contributed by atoms with E-state index in [-0.39, 0.29) is 5.82 Å². The van der Waals surface area contributed by atoms with Gasteiger partial charge in [-0.15, -0.1) is 0 Å². The summed E-state index contributed by atoms with van der Waals surface area (Å²) in [5.41, 5.74) is 2.74. The molecule has 1 aromatic carbocycles. The van der Waals surface area contributed by atoms with E-state index >= 15 is 0 Å². The molecule has 0 aliphatic carbocycles. The molecule has 3 aromatic rings. The first-order valence-electron chi connectivity index (χ1n) is 5.89. The predicted molar refractivity (Wildman–Crippen MR) is 70.7 cm³/mol. The molecule has 2 heterocycles. The maximum absolute atomic E-state index is 13.3. The van der Waals surface area contributed by atoms with Crippen LogP contribution < -0.4 is 0 Å². The lowest BCUT2D eigenvalue weighted by atomic mass is 10.2. The van der Waals surface area contributed by atoms with Crippen LogP contribution in [0.2, 0.25) is 0 Å². The van der Waals surface area contributed by atoms with Crippen LogP contribution in [0, 0.1) is 12.7 Å². The van der Waals surface area contributed by atoms with Crippen molar-refractivity contribution < 1.29 is 9.18 Å². The average Bonchev–Trinajstić information content (AvgIpc) is 2.79. The summed E-state index contributed by atoms with van der Waals surface area (Å²) >= 11 is 0. The number of fused-ring (bicyclic) bond motifs is 1. The molecule has 3 nitrogen and oxygen atoms in total. The second-order valence-corrected chi connectivity index (χ2v) is 4.36. The molecule has 0 atom stereocenters. The molecular formula is C15H11FN2O. The molecule has 0 aliphatic rings. The van der Waals surface area contributed by atoms with Crippen molar-refractivity contribution in [1.29, 1.82) is 0 Å². The van der Waals surface area contributed by atoms with Gasteiger partial charge in [0.25, 0.3) is 0 Å². The van der Waals surface area contributed by atoms with Gasteiger partial charge in [-0.1, -0.05) is 18.2 Å². The SMILES string of the molecule is Cc1cccn2c(-c3cccc(F)c3)nc(C=O)c12. The maximum atomic E-state index is 13.3. The van der Waals surface area contributed by atoms with Crippen LogP contribution in [0.3, 0.4) is 0 Å². The highest BCUT2D eigenvalue weighted by atomic mass is 19.1. The Morgan fingerprint density at radius 1 is 1.26 bits per heavy atom. The van der Waals surface area contributed by atoms with Gasteiger partial charge in [-0.2, -0.15) is 0 Å². The van der Waals surface area contributed by atoms with Gasteiger partial charge in [0.15, 0.2) is 6.29 Å². The lowest BCUT2D eigenvalue weighted by Crippen LogP contribution is -1.91. The molecule has 0 aliphatic heterocycles. The Labute approximate surface area is 109 Å². The zero-order chi connectivity index (χ0) is 13.4. The molecule has 0 bridgehead atoms. The number of pyridine rings is 1. The minimum absolute atomic E-state index is 0.324. The largest absolute Gasteiger partial charge is 0.299 e. The number of hydrogen-bond donors (Lipinski definition) is 0. The Morgan fingerprint density at radius 3 is 2.84 bits per heavy atom. The number of hydrogen-bond acceptors (Lipinski definition) is 2. The number of nitrogens with zero attached hydrogens (tertiary/aromatic N) is 2. The number of halogens is 1. The van der Waals surface area contributed by atoms with Crippen molar-refractivity contribution >= 4 is 11.8 Å². The van der Waals surface area contributed by atoms with E-state index in [9.17, 15) is 9.18 Å². The predicted octanol–water partition coefficient (Wildman–Crippen LogP) is 3.26. The molecule has 0 N–H and O–H groups in total. The van der Waals surface area contributed by atoms with Crippen molar-refractivity contribution in [2.45, 2.75) is 6.92 Å². The number of imidazole rings is 1. The molecule has 0 amide bonds. The van der Waals surface area contributed by atoms with Gasteiger partial charge >= 0.3 is 0 Å². The minimum atomic E-state index is -0.324. The third-order valence-corrected chi connectivity index (χ3v) is 3.09. The van der Waals surface area contributed by atoms with Gasteiger partial charge in [0.1, 0.15) is 17.3 Å². The summed E-state index contributed by atoms with van der Waals surface area (Å²) in [7, 11) is 0.